The first kappa shape index (κ1) is 15.4. The minimum absolute atomic E-state index is 0.359. The highest BCUT2D eigenvalue weighted by molar-refractivity contribution is 6.64. The number of fused-ring (bicyclic) bond motifs is 1. The molecule has 0 spiro atoms. The topological polar surface area (TPSA) is 29.5 Å². The normalized spacial score (nSPS) is 32.6. The summed E-state index contributed by atoms with van der Waals surface area (Å²) >= 11 is 0. The maximum Gasteiger partial charge on any atom is 0.490 e. The van der Waals surface area contributed by atoms with Gasteiger partial charge in [0.2, 0.25) is 5.92 Å². The Bertz CT molecular complexity index is 434. The Hall–Kier alpha value is -1.02. The standard InChI is InChI=1S/C11H16BF5NO2/c1-9(2,3)20-8(19)18-5-4-10(12(15,16)17)7(6-18)11(10,13)14/h7H,4-6H2,1-3H3/q-1. The van der Waals surface area contributed by atoms with Gasteiger partial charge in [-0.2, -0.15) is 0 Å². The maximum absolute atomic E-state index is 13.5. The number of hydrogen-bond donors (Lipinski definition) is 0. The third-order valence-corrected chi connectivity index (χ3v) is 4.03. The molecule has 0 aromatic rings. The van der Waals surface area contributed by atoms with E-state index in [1.54, 1.807) is 20.8 Å². The minimum Gasteiger partial charge on any atom is -0.448 e. The number of piperidine rings is 1. The van der Waals surface area contributed by atoms with Crippen LogP contribution in [0.25, 0.3) is 0 Å². The Balaban J connectivity index is 2.10. The number of halogens is 5. The number of amides is 1. The second-order valence-corrected chi connectivity index (χ2v) is 6.47. The largest absolute Gasteiger partial charge is 0.490 e. The fourth-order valence-corrected chi connectivity index (χ4v) is 2.91. The maximum atomic E-state index is 13.5. The molecule has 0 aromatic heterocycles. The molecular weight excluding hydrogens is 284 g/mol. The molecule has 1 aliphatic carbocycles. The zero-order chi connectivity index (χ0) is 15.6. The first-order valence-electron chi connectivity index (χ1n) is 6.38. The van der Waals surface area contributed by atoms with E-state index in [-0.39, 0.29) is 6.54 Å². The Kier molecular flexibility index (Phi) is 3.08. The van der Waals surface area contributed by atoms with Gasteiger partial charge >= 0.3 is 13.1 Å². The van der Waals surface area contributed by atoms with Crippen molar-refractivity contribution in [2.24, 2.45) is 5.92 Å². The van der Waals surface area contributed by atoms with E-state index < -0.39 is 48.8 Å². The molecule has 116 valence electrons. The number of likely N-dealkylation sites (tertiary alicyclic amines) is 1. The molecule has 1 heterocycles. The van der Waals surface area contributed by atoms with E-state index in [1.807, 2.05) is 0 Å². The molecule has 2 atom stereocenters. The zero-order valence-electron chi connectivity index (χ0n) is 11.4. The predicted octanol–water partition coefficient (Wildman–Crippen LogP) is 3.48. The van der Waals surface area contributed by atoms with Crippen LogP contribution in [0, 0.1) is 5.92 Å². The first-order chi connectivity index (χ1) is 8.83. The van der Waals surface area contributed by atoms with Crippen molar-refractivity contribution in [1.82, 2.24) is 4.90 Å². The molecule has 2 aliphatic rings. The van der Waals surface area contributed by atoms with Gasteiger partial charge < -0.3 is 22.6 Å². The highest BCUT2D eigenvalue weighted by Gasteiger charge is 2.86. The van der Waals surface area contributed by atoms with Gasteiger partial charge in [-0.1, -0.05) is 0 Å². The molecule has 1 amide bonds. The van der Waals surface area contributed by atoms with Crippen LogP contribution in [-0.2, 0) is 4.74 Å². The van der Waals surface area contributed by atoms with Crippen molar-refractivity contribution in [2.75, 3.05) is 13.1 Å². The van der Waals surface area contributed by atoms with Crippen molar-refractivity contribution in [1.29, 1.82) is 0 Å². The summed E-state index contributed by atoms with van der Waals surface area (Å²) in [6.07, 6.45) is -1.60. The van der Waals surface area contributed by atoms with E-state index in [0.717, 1.165) is 4.90 Å². The fourth-order valence-electron chi connectivity index (χ4n) is 2.91. The van der Waals surface area contributed by atoms with Crippen LogP contribution in [0.4, 0.5) is 26.5 Å². The van der Waals surface area contributed by atoms with Crippen molar-refractivity contribution in [3.63, 3.8) is 0 Å². The van der Waals surface area contributed by atoms with Gasteiger partial charge in [0.1, 0.15) is 5.60 Å². The average molecular weight is 300 g/mol. The summed E-state index contributed by atoms with van der Waals surface area (Å²) in [4.78, 5) is 12.7. The van der Waals surface area contributed by atoms with E-state index >= 15 is 0 Å². The molecule has 2 rings (SSSR count). The van der Waals surface area contributed by atoms with E-state index in [2.05, 4.69) is 0 Å². The summed E-state index contributed by atoms with van der Waals surface area (Å²) in [5.74, 6) is -5.61. The Morgan fingerprint density at radius 2 is 1.85 bits per heavy atom. The molecule has 1 saturated heterocycles. The van der Waals surface area contributed by atoms with Crippen molar-refractivity contribution in [2.45, 2.75) is 44.0 Å². The van der Waals surface area contributed by atoms with Gasteiger partial charge in [0.05, 0.1) is 0 Å². The predicted molar refractivity (Wildman–Crippen MR) is 62.6 cm³/mol. The summed E-state index contributed by atoms with van der Waals surface area (Å²) in [5.41, 5.74) is -0.814. The summed E-state index contributed by atoms with van der Waals surface area (Å²) in [6, 6.07) is 0. The quantitative estimate of drug-likeness (QED) is 0.548. The van der Waals surface area contributed by atoms with E-state index in [9.17, 15) is 26.5 Å². The summed E-state index contributed by atoms with van der Waals surface area (Å²) in [6.45, 7) is -1.81. The molecule has 9 heteroatoms. The van der Waals surface area contributed by atoms with Crippen molar-refractivity contribution >= 4 is 13.1 Å². The number of carbonyl (C=O) groups is 1. The Labute approximate surface area is 113 Å². The lowest BCUT2D eigenvalue weighted by molar-refractivity contribution is 0.0197. The van der Waals surface area contributed by atoms with Crippen LogP contribution in [0.15, 0.2) is 0 Å². The van der Waals surface area contributed by atoms with Crippen LogP contribution in [0.2, 0.25) is 5.31 Å². The second kappa shape index (κ2) is 4.01. The summed E-state index contributed by atoms with van der Waals surface area (Å²) in [7, 11) is 0. The monoisotopic (exact) mass is 300 g/mol. The van der Waals surface area contributed by atoms with Gasteiger partial charge in [-0.25, -0.2) is 13.6 Å². The van der Waals surface area contributed by atoms with Gasteiger partial charge in [0.25, 0.3) is 0 Å². The average Bonchev–Trinajstić information content (AvgIpc) is 2.74. The number of ether oxygens (including phenoxy) is 1. The smallest absolute Gasteiger partial charge is 0.448 e. The van der Waals surface area contributed by atoms with Gasteiger partial charge in [0, 0.05) is 24.3 Å². The van der Waals surface area contributed by atoms with Gasteiger partial charge in [-0.05, 0) is 27.2 Å². The van der Waals surface area contributed by atoms with Crippen LogP contribution in [0.1, 0.15) is 27.2 Å². The van der Waals surface area contributed by atoms with Crippen LogP contribution in [0.3, 0.4) is 0 Å². The van der Waals surface area contributed by atoms with Crippen LogP contribution >= 0.6 is 0 Å². The Morgan fingerprint density at radius 3 is 2.25 bits per heavy atom. The lowest BCUT2D eigenvalue weighted by atomic mass is 9.63. The summed E-state index contributed by atoms with van der Waals surface area (Å²) < 4.78 is 70.8. The molecule has 0 radical (unpaired) electrons. The number of rotatable bonds is 1. The van der Waals surface area contributed by atoms with E-state index in [0.29, 0.717) is 0 Å². The molecule has 3 nitrogen and oxygen atoms in total. The molecular formula is C11H16BF5NO2-. The van der Waals surface area contributed by atoms with E-state index in [4.69, 9.17) is 4.74 Å². The van der Waals surface area contributed by atoms with Gasteiger partial charge in [0.15, 0.2) is 0 Å². The molecule has 1 saturated carbocycles. The third-order valence-electron chi connectivity index (χ3n) is 4.03. The number of alkyl halides is 2. The van der Waals surface area contributed by atoms with Crippen molar-refractivity contribution in [3.8, 4) is 0 Å². The van der Waals surface area contributed by atoms with Crippen molar-refractivity contribution < 1.29 is 31.3 Å². The van der Waals surface area contributed by atoms with Gasteiger partial charge in [-0.3, -0.25) is 0 Å². The molecule has 2 unspecified atom stereocenters. The van der Waals surface area contributed by atoms with Crippen LogP contribution in [-0.4, -0.2) is 42.6 Å². The SMILES string of the molecule is CC(C)(C)OC(=O)N1CCC2([B-](F)(F)F)C(C1)C2(F)F. The molecule has 2 fully saturated rings. The second-order valence-electron chi connectivity index (χ2n) is 6.47. The minimum atomic E-state index is -5.64. The fraction of sp³-hybridized carbons (Fsp3) is 0.909. The number of hydrogen-bond acceptors (Lipinski definition) is 2. The third kappa shape index (κ3) is 2.05. The molecule has 0 bridgehead atoms. The highest BCUT2D eigenvalue weighted by atomic mass is 19.4. The first-order valence-corrected chi connectivity index (χ1v) is 6.38. The lowest BCUT2D eigenvalue weighted by Crippen LogP contribution is -2.44. The summed E-state index contributed by atoms with van der Waals surface area (Å²) in [5, 5.41) is -2.90. The van der Waals surface area contributed by atoms with Crippen LogP contribution in [0.5, 0.6) is 0 Å². The van der Waals surface area contributed by atoms with Crippen LogP contribution < -0.4 is 0 Å². The number of nitrogens with zero attached hydrogens (tertiary/aromatic N) is 1. The van der Waals surface area contributed by atoms with E-state index in [1.165, 1.54) is 0 Å². The molecule has 0 aromatic carbocycles. The molecule has 1 aliphatic heterocycles. The van der Waals surface area contributed by atoms with Gasteiger partial charge in [-0.15, -0.1) is 0 Å². The lowest BCUT2D eigenvalue weighted by Gasteiger charge is -2.35. The molecule has 0 N–H and O–H groups in total. The zero-order valence-corrected chi connectivity index (χ0v) is 11.4. The molecule has 20 heavy (non-hydrogen) atoms. The number of carbonyl (C=O) groups excluding carboxylic acids is 1. The Morgan fingerprint density at radius 1 is 1.30 bits per heavy atom. The van der Waals surface area contributed by atoms with Crippen molar-refractivity contribution in [3.05, 3.63) is 0 Å². The highest BCUT2D eigenvalue weighted by Crippen LogP contribution is 2.80.